The van der Waals surface area contributed by atoms with Crippen LogP contribution in [0.15, 0.2) is 53.3 Å². The number of aryl methyl sites for hydroxylation is 1. The number of amides is 1. The van der Waals surface area contributed by atoms with Crippen LogP contribution in [0.5, 0.6) is 5.75 Å². The Balaban J connectivity index is 1.72. The van der Waals surface area contributed by atoms with Crippen LogP contribution in [-0.2, 0) is 16.6 Å². The van der Waals surface area contributed by atoms with Gasteiger partial charge in [0.15, 0.2) is 6.61 Å². The van der Waals surface area contributed by atoms with Crippen LogP contribution in [0.1, 0.15) is 21.6 Å². The predicted molar refractivity (Wildman–Crippen MR) is 108 cm³/mol. The lowest BCUT2D eigenvalue weighted by Crippen LogP contribution is -2.25. The van der Waals surface area contributed by atoms with Crippen molar-refractivity contribution >= 4 is 17.6 Å². The number of aromatic hydroxyl groups is 1. The molecule has 1 aromatic heterocycles. The molecular weight excluding hydrogens is 374 g/mol. The molecule has 0 aliphatic carbocycles. The van der Waals surface area contributed by atoms with Crippen molar-refractivity contribution in [1.29, 1.82) is 0 Å². The van der Waals surface area contributed by atoms with Gasteiger partial charge in [0, 0.05) is 7.05 Å². The maximum atomic E-state index is 12.8. The lowest BCUT2D eigenvalue weighted by atomic mass is 10.1. The van der Waals surface area contributed by atoms with Gasteiger partial charge in [0.25, 0.3) is 11.5 Å². The van der Waals surface area contributed by atoms with Crippen molar-refractivity contribution in [1.82, 2.24) is 9.36 Å². The summed E-state index contributed by atoms with van der Waals surface area (Å²) in [6.45, 7) is 2.84. The summed E-state index contributed by atoms with van der Waals surface area (Å²) in [6, 6.07) is 13.4. The average Bonchev–Trinajstić information content (AvgIpc) is 2.92. The van der Waals surface area contributed by atoms with Crippen LogP contribution in [0.2, 0.25) is 0 Å². The molecule has 0 radical (unpaired) electrons. The molecule has 150 valence electrons. The summed E-state index contributed by atoms with van der Waals surface area (Å²) in [4.78, 5) is 37.1. The molecule has 1 heterocycles. The number of ether oxygens (including phenoxy) is 1. The summed E-state index contributed by atoms with van der Waals surface area (Å²) in [5, 5.41) is 12.2. The van der Waals surface area contributed by atoms with Gasteiger partial charge in [-0.25, -0.2) is 9.48 Å². The number of nitrogens with one attached hydrogen (secondary N) is 1. The fourth-order valence-electron chi connectivity index (χ4n) is 2.84. The Kier molecular flexibility index (Phi) is 5.54. The summed E-state index contributed by atoms with van der Waals surface area (Å²) < 4.78 is 8.05. The van der Waals surface area contributed by atoms with Crippen LogP contribution in [0, 0.1) is 13.8 Å². The molecule has 0 unspecified atom stereocenters. The highest BCUT2D eigenvalue weighted by Gasteiger charge is 2.19. The number of carbonyl (C=O) groups is 2. The van der Waals surface area contributed by atoms with Gasteiger partial charge in [0.1, 0.15) is 11.4 Å². The van der Waals surface area contributed by atoms with Crippen molar-refractivity contribution in [2.75, 3.05) is 11.9 Å². The Labute approximate surface area is 166 Å². The second kappa shape index (κ2) is 8.05. The van der Waals surface area contributed by atoms with E-state index in [-0.39, 0.29) is 22.6 Å². The van der Waals surface area contributed by atoms with Crippen molar-refractivity contribution in [3.05, 3.63) is 75.7 Å². The summed E-state index contributed by atoms with van der Waals surface area (Å²) in [7, 11) is 1.71. The third kappa shape index (κ3) is 4.06. The number of para-hydroxylation sites is 1. The number of phenolic OH excluding ortho intramolecular Hbond substituents is 1. The zero-order chi connectivity index (χ0) is 21.1. The fourth-order valence-corrected chi connectivity index (χ4v) is 2.84. The van der Waals surface area contributed by atoms with Crippen LogP contribution in [0.25, 0.3) is 5.69 Å². The van der Waals surface area contributed by atoms with E-state index in [4.69, 9.17) is 4.74 Å². The Morgan fingerprint density at radius 1 is 1.10 bits per heavy atom. The van der Waals surface area contributed by atoms with Gasteiger partial charge in [-0.15, -0.1) is 0 Å². The minimum atomic E-state index is -0.748. The van der Waals surface area contributed by atoms with Gasteiger partial charge in [-0.05, 0) is 43.7 Å². The van der Waals surface area contributed by atoms with E-state index in [0.29, 0.717) is 16.9 Å². The quantitative estimate of drug-likeness (QED) is 0.646. The molecule has 8 nitrogen and oxygen atoms in total. The summed E-state index contributed by atoms with van der Waals surface area (Å²) in [6.07, 6.45) is 0. The molecule has 0 atom stereocenters. The van der Waals surface area contributed by atoms with E-state index in [2.05, 4.69) is 5.32 Å². The minimum Gasteiger partial charge on any atom is -0.508 e. The zero-order valence-electron chi connectivity index (χ0n) is 16.3. The number of aromatic nitrogens is 2. The van der Waals surface area contributed by atoms with Crippen molar-refractivity contribution < 1.29 is 19.4 Å². The Morgan fingerprint density at radius 3 is 2.45 bits per heavy atom. The van der Waals surface area contributed by atoms with Gasteiger partial charge in [0.05, 0.1) is 16.9 Å². The van der Waals surface area contributed by atoms with Gasteiger partial charge in [0.2, 0.25) is 0 Å². The van der Waals surface area contributed by atoms with E-state index in [0.717, 1.165) is 0 Å². The third-order valence-corrected chi connectivity index (χ3v) is 4.60. The molecule has 0 fully saturated rings. The summed E-state index contributed by atoms with van der Waals surface area (Å²) in [5.41, 5.74) is 1.69. The number of anilines is 1. The number of hydrogen-bond acceptors (Lipinski definition) is 5. The van der Waals surface area contributed by atoms with Gasteiger partial charge in [-0.3, -0.25) is 14.3 Å². The molecule has 0 saturated carbocycles. The van der Waals surface area contributed by atoms with E-state index in [1.54, 1.807) is 43.8 Å². The van der Waals surface area contributed by atoms with Crippen molar-refractivity contribution in [2.45, 2.75) is 13.8 Å². The number of nitrogens with zero attached hydrogens (tertiary/aromatic N) is 2. The maximum Gasteiger partial charge on any atom is 0.338 e. The standard InChI is InChI=1S/C21H21N3O5/c1-13-9-10-15(11-17(13)25)21(28)29-12-18(26)22-19-14(2)23(3)24(20(19)27)16-7-5-4-6-8-16/h4-11,25H,12H2,1-3H3,(H,22,26). The molecule has 0 saturated heterocycles. The summed E-state index contributed by atoms with van der Waals surface area (Å²) >= 11 is 0. The normalized spacial score (nSPS) is 10.6. The number of phenols is 1. The molecule has 0 aliphatic heterocycles. The first-order chi connectivity index (χ1) is 13.8. The Hall–Kier alpha value is -3.81. The zero-order valence-corrected chi connectivity index (χ0v) is 16.3. The number of rotatable bonds is 5. The number of esters is 1. The van der Waals surface area contributed by atoms with Crippen molar-refractivity contribution in [3.63, 3.8) is 0 Å². The molecule has 0 bridgehead atoms. The molecule has 29 heavy (non-hydrogen) atoms. The lowest BCUT2D eigenvalue weighted by molar-refractivity contribution is -0.119. The lowest BCUT2D eigenvalue weighted by Gasteiger charge is -2.07. The van der Waals surface area contributed by atoms with E-state index >= 15 is 0 Å². The topological polar surface area (TPSA) is 103 Å². The van der Waals surface area contributed by atoms with E-state index in [1.807, 2.05) is 18.2 Å². The SMILES string of the molecule is Cc1ccc(C(=O)OCC(=O)Nc2c(C)n(C)n(-c3ccccc3)c2=O)cc1O. The molecule has 0 spiro atoms. The van der Waals surface area contributed by atoms with Gasteiger partial charge in [-0.2, -0.15) is 0 Å². The van der Waals surface area contributed by atoms with Gasteiger partial charge >= 0.3 is 5.97 Å². The second-order valence-corrected chi connectivity index (χ2v) is 6.56. The molecule has 3 aromatic rings. The van der Waals surface area contributed by atoms with Crippen molar-refractivity contribution in [3.8, 4) is 11.4 Å². The van der Waals surface area contributed by atoms with E-state index in [1.165, 1.54) is 16.8 Å². The molecule has 3 rings (SSSR count). The molecular formula is C21H21N3O5. The molecule has 8 heteroatoms. The highest BCUT2D eigenvalue weighted by atomic mass is 16.5. The van der Waals surface area contributed by atoms with Gasteiger partial charge in [-0.1, -0.05) is 24.3 Å². The van der Waals surface area contributed by atoms with Crippen LogP contribution in [0.4, 0.5) is 5.69 Å². The van der Waals surface area contributed by atoms with Gasteiger partial charge < -0.3 is 15.2 Å². The molecule has 0 aliphatic rings. The average molecular weight is 395 g/mol. The van der Waals surface area contributed by atoms with Crippen LogP contribution in [-0.4, -0.2) is 33.0 Å². The first-order valence-corrected chi connectivity index (χ1v) is 8.90. The fraction of sp³-hybridized carbons (Fsp3) is 0.190. The largest absolute Gasteiger partial charge is 0.508 e. The van der Waals surface area contributed by atoms with Crippen molar-refractivity contribution in [2.24, 2.45) is 7.05 Å². The molecule has 2 aromatic carbocycles. The molecule has 2 N–H and O–H groups in total. The first kappa shape index (κ1) is 19.9. The smallest absolute Gasteiger partial charge is 0.338 e. The van der Waals surface area contributed by atoms with Crippen LogP contribution >= 0.6 is 0 Å². The Morgan fingerprint density at radius 2 is 1.79 bits per heavy atom. The predicted octanol–water partition coefficient (Wildman–Crippen LogP) is 2.29. The third-order valence-electron chi connectivity index (χ3n) is 4.60. The Bertz CT molecular complexity index is 1130. The van der Waals surface area contributed by atoms with E-state index in [9.17, 15) is 19.5 Å². The maximum absolute atomic E-state index is 12.8. The highest BCUT2D eigenvalue weighted by Crippen LogP contribution is 2.18. The highest BCUT2D eigenvalue weighted by molar-refractivity contribution is 5.96. The monoisotopic (exact) mass is 395 g/mol. The molecule has 1 amide bonds. The van der Waals surface area contributed by atoms with Crippen LogP contribution in [0.3, 0.4) is 0 Å². The second-order valence-electron chi connectivity index (χ2n) is 6.56. The van der Waals surface area contributed by atoms with E-state index < -0.39 is 18.5 Å². The number of benzene rings is 2. The number of hydrogen-bond donors (Lipinski definition) is 2. The minimum absolute atomic E-state index is 0.0368. The number of carbonyl (C=O) groups excluding carboxylic acids is 2. The first-order valence-electron chi connectivity index (χ1n) is 8.90. The van der Waals surface area contributed by atoms with Crippen LogP contribution < -0.4 is 10.9 Å². The summed E-state index contributed by atoms with van der Waals surface area (Å²) in [5.74, 6) is -1.42.